The molecule has 1 fully saturated rings. The van der Waals surface area contributed by atoms with Crippen molar-refractivity contribution in [2.45, 2.75) is 25.3 Å². The van der Waals surface area contributed by atoms with Crippen LogP contribution in [0.5, 0.6) is 0 Å². The van der Waals surface area contributed by atoms with Crippen LogP contribution in [0.3, 0.4) is 0 Å². The SMILES string of the molecule is O=[N+]([O-])c1ccc2nc(N3CCCC[C@H]3CO)[nH]c2c1. The molecule has 1 aromatic heterocycles. The number of fused-ring (bicyclic) bond motifs is 1. The van der Waals surface area contributed by atoms with E-state index in [1.807, 2.05) is 0 Å². The van der Waals surface area contributed by atoms with E-state index in [2.05, 4.69) is 14.9 Å². The predicted molar refractivity (Wildman–Crippen MR) is 74.8 cm³/mol. The second-order valence-corrected chi connectivity index (χ2v) is 5.04. The smallest absolute Gasteiger partial charge is 0.271 e. The molecule has 7 nitrogen and oxygen atoms in total. The lowest BCUT2D eigenvalue weighted by Crippen LogP contribution is -2.42. The van der Waals surface area contributed by atoms with Gasteiger partial charge in [0.1, 0.15) is 0 Å². The van der Waals surface area contributed by atoms with E-state index in [4.69, 9.17) is 0 Å². The number of aliphatic hydroxyl groups is 1. The summed E-state index contributed by atoms with van der Waals surface area (Å²) in [6.45, 7) is 0.935. The van der Waals surface area contributed by atoms with E-state index >= 15 is 0 Å². The van der Waals surface area contributed by atoms with Crippen molar-refractivity contribution in [2.75, 3.05) is 18.1 Å². The number of benzene rings is 1. The molecule has 106 valence electrons. The molecule has 2 aromatic rings. The van der Waals surface area contributed by atoms with E-state index < -0.39 is 4.92 Å². The standard InChI is InChI=1S/C13H16N4O3/c18-8-10-3-1-2-6-16(10)13-14-11-5-4-9(17(19)20)7-12(11)15-13/h4-5,7,10,18H,1-3,6,8H2,(H,14,15)/t10-/m0/s1. The van der Waals surface area contributed by atoms with Gasteiger partial charge in [-0.05, 0) is 25.3 Å². The topological polar surface area (TPSA) is 95.3 Å². The summed E-state index contributed by atoms with van der Waals surface area (Å²) in [5.74, 6) is 0.680. The van der Waals surface area contributed by atoms with Gasteiger partial charge in [0, 0.05) is 18.7 Å². The first-order valence-corrected chi connectivity index (χ1v) is 6.70. The maximum atomic E-state index is 10.8. The number of aliphatic hydroxyl groups excluding tert-OH is 1. The maximum absolute atomic E-state index is 10.8. The van der Waals surface area contributed by atoms with Gasteiger partial charge >= 0.3 is 0 Å². The molecule has 1 atom stereocenters. The number of nitro benzene ring substituents is 1. The van der Waals surface area contributed by atoms with Gasteiger partial charge in [-0.15, -0.1) is 0 Å². The van der Waals surface area contributed by atoms with Gasteiger partial charge in [-0.25, -0.2) is 4.98 Å². The first-order chi connectivity index (χ1) is 9.69. The van der Waals surface area contributed by atoms with Gasteiger partial charge in [0.05, 0.1) is 28.6 Å². The number of aromatic amines is 1. The number of piperidine rings is 1. The number of nitrogens with one attached hydrogen (secondary N) is 1. The van der Waals surface area contributed by atoms with Gasteiger partial charge in [-0.1, -0.05) is 0 Å². The average molecular weight is 276 g/mol. The Kier molecular flexibility index (Phi) is 3.27. The minimum atomic E-state index is -0.419. The molecule has 2 N–H and O–H groups in total. The molecule has 2 heterocycles. The van der Waals surface area contributed by atoms with Crippen molar-refractivity contribution in [1.82, 2.24) is 9.97 Å². The van der Waals surface area contributed by atoms with Crippen molar-refractivity contribution >= 4 is 22.7 Å². The molecule has 1 aliphatic heterocycles. The highest BCUT2D eigenvalue weighted by molar-refractivity contribution is 5.80. The third kappa shape index (κ3) is 2.20. The summed E-state index contributed by atoms with van der Waals surface area (Å²) in [6.07, 6.45) is 3.11. The van der Waals surface area contributed by atoms with Gasteiger partial charge < -0.3 is 15.0 Å². The van der Waals surface area contributed by atoms with Crippen molar-refractivity contribution in [2.24, 2.45) is 0 Å². The van der Waals surface area contributed by atoms with Gasteiger partial charge in [0.2, 0.25) is 5.95 Å². The Balaban J connectivity index is 1.97. The lowest BCUT2D eigenvalue weighted by molar-refractivity contribution is -0.384. The normalized spacial score (nSPS) is 19.4. The summed E-state index contributed by atoms with van der Waals surface area (Å²) in [6, 6.07) is 4.65. The minimum absolute atomic E-state index is 0.0463. The zero-order valence-corrected chi connectivity index (χ0v) is 11.0. The largest absolute Gasteiger partial charge is 0.394 e. The number of H-pyrrole nitrogens is 1. The van der Waals surface area contributed by atoms with E-state index in [0.717, 1.165) is 25.8 Å². The summed E-state index contributed by atoms with van der Waals surface area (Å²) in [4.78, 5) is 20.0. The number of nitro groups is 1. The lowest BCUT2D eigenvalue weighted by Gasteiger charge is -2.34. The molecule has 1 saturated heterocycles. The highest BCUT2D eigenvalue weighted by Gasteiger charge is 2.24. The van der Waals surface area contributed by atoms with Crippen LogP contribution < -0.4 is 4.90 Å². The Morgan fingerprint density at radius 2 is 2.35 bits per heavy atom. The second-order valence-electron chi connectivity index (χ2n) is 5.04. The van der Waals surface area contributed by atoms with E-state index in [0.29, 0.717) is 17.0 Å². The maximum Gasteiger partial charge on any atom is 0.271 e. The van der Waals surface area contributed by atoms with Crippen LogP contribution in [0, 0.1) is 10.1 Å². The minimum Gasteiger partial charge on any atom is -0.394 e. The van der Waals surface area contributed by atoms with Crippen molar-refractivity contribution in [3.05, 3.63) is 28.3 Å². The number of non-ortho nitro benzene ring substituents is 1. The molecular weight excluding hydrogens is 260 g/mol. The monoisotopic (exact) mass is 276 g/mol. The fraction of sp³-hybridized carbons (Fsp3) is 0.462. The molecule has 1 aromatic carbocycles. The fourth-order valence-electron chi connectivity index (χ4n) is 2.70. The van der Waals surface area contributed by atoms with Crippen LogP contribution in [0.15, 0.2) is 18.2 Å². The van der Waals surface area contributed by atoms with Crippen LogP contribution in [0.25, 0.3) is 11.0 Å². The number of anilines is 1. The van der Waals surface area contributed by atoms with Crippen molar-refractivity contribution in [3.63, 3.8) is 0 Å². The molecule has 0 spiro atoms. The number of imidazole rings is 1. The quantitative estimate of drug-likeness (QED) is 0.658. The van der Waals surface area contributed by atoms with Crippen molar-refractivity contribution in [3.8, 4) is 0 Å². The van der Waals surface area contributed by atoms with Crippen LogP contribution in [0.2, 0.25) is 0 Å². The molecule has 0 radical (unpaired) electrons. The van der Waals surface area contributed by atoms with E-state index in [9.17, 15) is 15.2 Å². The zero-order chi connectivity index (χ0) is 14.1. The first kappa shape index (κ1) is 12.9. The molecule has 0 bridgehead atoms. The summed E-state index contributed by atoms with van der Waals surface area (Å²) in [5, 5.41) is 20.2. The highest BCUT2D eigenvalue weighted by Crippen LogP contribution is 2.26. The number of hydrogen-bond acceptors (Lipinski definition) is 5. The summed E-state index contributed by atoms with van der Waals surface area (Å²) in [7, 11) is 0. The van der Waals surface area contributed by atoms with Gasteiger partial charge in [0.25, 0.3) is 5.69 Å². The van der Waals surface area contributed by atoms with Crippen LogP contribution in [0.1, 0.15) is 19.3 Å². The lowest BCUT2D eigenvalue weighted by atomic mass is 10.0. The Hall–Kier alpha value is -2.15. The Labute approximate surface area is 115 Å². The summed E-state index contributed by atoms with van der Waals surface area (Å²) < 4.78 is 0. The summed E-state index contributed by atoms with van der Waals surface area (Å²) in [5.41, 5.74) is 1.40. The van der Waals surface area contributed by atoms with Crippen molar-refractivity contribution in [1.29, 1.82) is 0 Å². The van der Waals surface area contributed by atoms with Gasteiger partial charge in [-0.2, -0.15) is 0 Å². The third-order valence-corrected chi connectivity index (χ3v) is 3.77. The number of hydrogen-bond donors (Lipinski definition) is 2. The molecule has 0 saturated carbocycles. The van der Waals surface area contributed by atoms with Crippen LogP contribution in [-0.2, 0) is 0 Å². The highest BCUT2D eigenvalue weighted by atomic mass is 16.6. The Morgan fingerprint density at radius 1 is 1.50 bits per heavy atom. The van der Waals surface area contributed by atoms with Crippen LogP contribution in [0.4, 0.5) is 11.6 Å². The van der Waals surface area contributed by atoms with Crippen molar-refractivity contribution < 1.29 is 10.0 Å². The predicted octanol–water partition coefficient (Wildman–Crippen LogP) is 1.82. The molecule has 1 aliphatic rings. The average Bonchev–Trinajstić information content (AvgIpc) is 2.89. The molecule has 0 unspecified atom stereocenters. The molecular formula is C13H16N4O3. The van der Waals surface area contributed by atoms with Crippen LogP contribution >= 0.6 is 0 Å². The molecule has 7 heteroatoms. The molecule has 0 amide bonds. The summed E-state index contributed by atoms with van der Waals surface area (Å²) >= 11 is 0. The van der Waals surface area contributed by atoms with Gasteiger partial charge in [-0.3, -0.25) is 10.1 Å². The van der Waals surface area contributed by atoms with E-state index in [-0.39, 0.29) is 18.3 Å². The molecule has 0 aliphatic carbocycles. The van der Waals surface area contributed by atoms with E-state index in [1.54, 1.807) is 6.07 Å². The van der Waals surface area contributed by atoms with Crippen LogP contribution in [-0.4, -0.2) is 39.2 Å². The number of aromatic nitrogens is 2. The molecule has 20 heavy (non-hydrogen) atoms. The fourth-order valence-corrected chi connectivity index (χ4v) is 2.70. The number of rotatable bonds is 3. The Bertz CT molecular complexity index is 640. The van der Waals surface area contributed by atoms with Gasteiger partial charge in [0.15, 0.2) is 0 Å². The Morgan fingerprint density at radius 3 is 3.10 bits per heavy atom. The molecule has 3 rings (SSSR count). The number of nitrogens with zero attached hydrogens (tertiary/aromatic N) is 3. The zero-order valence-electron chi connectivity index (χ0n) is 11.0. The second kappa shape index (κ2) is 5.09. The first-order valence-electron chi connectivity index (χ1n) is 6.70. The van der Waals surface area contributed by atoms with E-state index in [1.165, 1.54) is 12.1 Å². The third-order valence-electron chi connectivity index (χ3n) is 3.77.